The second-order valence-electron chi connectivity index (χ2n) is 10.5. The predicted octanol–water partition coefficient (Wildman–Crippen LogP) is 6.52. The SMILES string of the molecule is CCCCCCCCCCCCCCCCOCC(COP(=O)(OC)OCC[NH+](C)CCCC)OC(C)=O. The molecule has 0 aliphatic rings. The molecular formula is C29H61NO7P+. The second kappa shape index (κ2) is 26.7. The molecule has 3 unspecified atom stereocenters. The number of carbonyl (C=O) groups excluding carboxylic acids is 1. The Morgan fingerprint density at radius 3 is 1.74 bits per heavy atom. The van der Waals surface area contributed by atoms with Crippen LogP contribution < -0.4 is 4.90 Å². The molecular weight excluding hydrogens is 505 g/mol. The van der Waals surface area contributed by atoms with E-state index in [1.807, 2.05) is 0 Å². The maximum atomic E-state index is 12.7. The first-order valence-corrected chi connectivity index (χ1v) is 16.8. The van der Waals surface area contributed by atoms with Crippen molar-refractivity contribution in [1.82, 2.24) is 0 Å². The summed E-state index contributed by atoms with van der Waals surface area (Å²) in [6.07, 6.45) is 20.0. The first-order valence-electron chi connectivity index (χ1n) is 15.4. The van der Waals surface area contributed by atoms with Crippen LogP contribution in [0.2, 0.25) is 0 Å². The van der Waals surface area contributed by atoms with Crippen LogP contribution in [0.1, 0.15) is 124 Å². The number of ether oxygens (including phenoxy) is 2. The van der Waals surface area contributed by atoms with Crippen molar-refractivity contribution < 1.29 is 37.3 Å². The fraction of sp³-hybridized carbons (Fsp3) is 0.966. The molecule has 0 spiro atoms. The van der Waals surface area contributed by atoms with Gasteiger partial charge in [-0.05, 0) is 12.8 Å². The molecule has 38 heavy (non-hydrogen) atoms. The lowest BCUT2D eigenvalue weighted by molar-refractivity contribution is -0.879. The molecule has 8 nitrogen and oxygen atoms in total. The van der Waals surface area contributed by atoms with E-state index in [1.165, 1.54) is 96.0 Å². The molecule has 1 N–H and O–H groups in total. The van der Waals surface area contributed by atoms with Crippen LogP contribution >= 0.6 is 7.82 Å². The zero-order valence-corrected chi connectivity index (χ0v) is 26.3. The average molecular weight is 567 g/mol. The molecule has 0 saturated carbocycles. The van der Waals surface area contributed by atoms with Gasteiger partial charge in [0.1, 0.15) is 19.3 Å². The summed E-state index contributed by atoms with van der Waals surface area (Å²) in [6, 6.07) is 0. The van der Waals surface area contributed by atoms with E-state index in [0.717, 1.165) is 32.2 Å². The van der Waals surface area contributed by atoms with Gasteiger partial charge in [-0.3, -0.25) is 18.4 Å². The summed E-state index contributed by atoms with van der Waals surface area (Å²) in [5.74, 6) is -0.437. The quantitative estimate of drug-likeness (QED) is 0.0627. The van der Waals surface area contributed by atoms with Crippen LogP contribution in [0.4, 0.5) is 0 Å². The lowest BCUT2D eigenvalue weighted by Gasteiger charge is -2.21. The Balaban J connectivity index is 3.93. The molecule has 0 heterocycles. The van der Waals surface area contributed by atoms with Gasteiger partial charge in [-0.1, -0.05) is 104 Å². The van der Waals surface area contributed by atoms with Crippen LogP contribution in [-0.2, 0) is 32.4 Å². The summed E-state index contributed by atoms with van der Waals surface area (Å²) in [5.41, 5.74) is 0. The van der Waals surface area contributed by atoms with Crippen LogP contribution in [0.15, 0.2) is 0 Å². The Morgan fingerprint density at radius 2 is 1.24 bits per heavy atom. The molecule has 0 amide bonds. The zero-order chi connectivity index (χ0) is 28.3. The zero-order valence-electron chi connectivity index (χ0n) is 25.4. The highest BCUT2D eigenvalue weighted by molar-refractivity contribution is 7.48. The third kappa shape index (κ3) is 24.5. The Labute approximate surface area is 234 Å². The fourth-order valence-electron chi connectivity index (χ4n) is 4.22. The molecule has 0 saturated heterocycles. The Bertz CT molecular complexity index is 579. The summed E-state index contributed by atoms with van der Waals surface area (Å²) in [5, 5.41) is 0. The van der Waals surface area contributed by atoms with Gasteiger partial charge in [-0.2, -0.15) is 0 Å². The highest BCUT2D eigenvalue weighted by Crippen LogP contribution is 2.48. The van der Waals surface area contributed by atoms with Crippen molar-refractivity contribution >= 4 is 13.8 Å². The maximum absolute atomic E-state index is 12.7. The van der Waals surface area contributed by atoms with E-state index in [4.69, 9.17) is 23.0 Å². The summed E-state index contributed by atoms with van der Waals surface area (Å²) in [4.78, 5) is 12.8. The normalized spacial score (nSPS) is 14.8. The summed E-state index contributed by atoms with van der Waals surface area (Å²) in [7, 11) is -0.350. The molecule has 9 heteroatoms. The maximum Gasteiger partial charge on any atom is 0.474 e. The number of esters is 1. The molecule has 0 aromatic carbocycles. The number of rotatable bonds is 29. The summed E-state index contributed by atoms with van der Waals surface area (Å²) >= 11 is 0. The van der Waals surface area contributed by atoms with Crippen molar-refractivity contribution in [1.29, 1.82) is 0 Å². The average Bonchev–Trinajstić information content (AvgIpc) is 2.89. The van der Waals surface area contributed by atoms with E-state index >= 15 is 0 Å². The third-order valence-corrected chi connectivity index (χ3v) is 8.07. The Hall–Kier alpha value is -0.500. The molecule has 228 valence electrons. The van der Waals surface area contributed by atoms with Crippen molar-refractivity contribution in [2.75, 3.05) is 53.7 Å². The minimum absolute atomic E-state index is 0.109. The van der Waals surface area contributed by atoms with E-state index in [1.54, 1.807) is 0 Å². The van der Waals surface area contributed by atoms with Gasteiger partial charge in [0.2, 0.25) is 0 Å². The number of hydrogen-bond donors (Lipinski definition) is 1. The minimum atomic E-state index is -3.72. The van der Waals surface area contributed by atoms with Gasteiger partial charge in [-0.15, -0.1) is 0 Å². The lowest BCUT2D eigenvalue weighted by Crippen LogP contribution is -3.09. The number of likely N-dealkylation sites (N-methyl/N-ethyl adjacent to an activating group) is 1. The van der Waals surface area contributed by atoms with Gasteiger partial charge in [0, 0.05) is 20.6 Å². The number of unbranched alkanes of at least 4 members (excludes halogenated alkanes) is 14. The Morgan fingerprint density at radius 1 is 0.711 bits per heavy atom. The standard InChI is InChI=1S/C29H60NO7P/c1-6-8-10-11-12-13-14-15-16-17-18-19-20-21-24-34-26-29(37-28(3)31)27-36-38(32,33-5)35-25-23-30(4)22-9-7-2/h29H,6-27H2,1-5H3/p+1. The fourth-order valence-corrected chi connectivity index (χ4v) is 5.17. The number of phosphoric acid groups is 1. The molecule has 0 aliphatic carbocycles. The van der Waals surface area contributed by atoms with Gasteiger partial charge in [0.05, 0.1) is 26.8 Å². The smallest absolute Gasteiger partial charge is 0.458 e. The highest BCUT2D eigenvalue weighted by atomic mass is 31.2. The second-order valence-corrected chi connectivity index (χ2v) is 12.2. The first-order chi connectivity index (χ1) is 18.4. The van der Waals surface area contributed by atoms with Crippen LogP contribution in [0.25, 0.3) is 0 Å². The van der Waals surface area contributed by atoms with E-state index in [2.05, 4.69) is 20.9 Å². The van der Waals surface area contributed by atoms with Gasteiger partial charge in [-0.25, -0.2) is 4.57 Å². The van der Waals surface area contributed by atoms with Crippen molar-refractivity contribution in [3.63, 3.8) is 0 Å². The van der Waals surface area contributed by atoms with Gasteiger partial charge in [0.25, 0.3) is 0 Å². The van der Waals surface area contributed by atoms with E-state index in [9.17, 15) is 9.36 Å². The monoisotopic (exact) mass is 566 g/mol. The molecule has 0 bridgehead atoms. The third-order valence-electron chi connectivity index (χ3n) is 6.66. The van der Waals surface area contributed by atoms with Crippen LogP contribution in [0.3, 0.4) is 0 Å². The molecule has 0 radical (unpaired) electrons. The molecule has 0 aliphatic heterocycles. The summed E-state index contributed by atoms with van der Waals surface area (Å²) < 4.78 is 39.6. The molecule has 0 fully saturated rings. The van der Waals surface area contributed by atoms with E-state index in [0.29, 0.717) is 13.2 Å². The number of nitrogens with one attached hydrogen (secondary N) is 1. The number of phosphoric ester groups is 1. The minimum Gasteiger partial charge on any atom is -0.458 e. The van der Waals surface area contributed by atoms with Crippen LogP contribution in [0.5, 0.6) is 0 Å². The van der Waals surface area contributed by atoms with Gasteiger partial charge < -0.3 is 14.4 Å². The van der Waals surface area contributed by atoms with Gasteiger partial charge >= 0.3 is 13.8 Å². The first kappa shape index (κ1) is 37.5. The largest absolute Gasteiger partial charge is 0.474 e. The van der Waals surface area contributed by atoms with Crippen molar-refractivity contribution in [2.24, 2.45) is 0 Å². The molecule has 0 aromatic heterocycles. The van der Waals surface area contributed by atoms with E-state index < -0.39 is 19.9 Å². The molecule has 0 aromatic rings. The number of quaternary nitrogens is 1. The number of hydrogen-bond acceptors (Lipinski definition) is 7. The topological polar surface area (TPSA) is 84.7 Å². The van der Waals surface area contributed by atoms with Crippen LogP contribution in [0, 0.1) is 0 Å². The van der Waals surface area contributed by atoms with Crippen molar-refractivity contribution in [2.45, 2.75) is 130 Å². The lowest BCUT2D eigenvalue weighted by atomic mass is 10.0. The van der Waals surface area contributed by atoms with Gasteiger partial charge in [0.15, 0.2) is 0 Å². The Kier molecular flexibility index (Phi) is 26.4. The highest BCUT2D eigenvalue weighted by Gasteiger charge is 2.28. The van der Waals surface area contributed by atoms with Crippen LogP contribution in [-0.4, -0.2) is 65.7 Å². The van der Waals surface area contributed by atoms with E-state index in [-0.39, 0.29) is 19.8 Å². The predicted molar refractivity (Wildman–Crippen MR) is 155 cm³/mol. The molecule has 3 atom stereocenters. The molecule has 0 rings (SSSR count). The van der Waals surface area contributed by atoms with Crippen molar-refractivity contribution in [3.05, 3.63) is 0 Å². The number of carbonyl (C=O) groups is 1. The van der Waals surface area contributed by atoms with Crippen molar-refractivity contribution in [3.8, 4) is 0 Å². The summed E-state index contributed by atoms with van der Waals surface area (Å²) in [6.45, 7) is 8.42.